The lowest BCUT2D eigenvalue weighted by Gasteiger charge is -2.38. The molecule has 3 amide bonds. The predicted octanol–water partition coefficient (Wildman–Crippen LogP) is 3.93. The van der Waals surface area contributed by atoms with Crippen LogP contribution in [0.4, 0.5) is 10.5 Å². The van der Waals surface area contributed by atoms with Gasteiger partial charge in [-0.05, 0) is 54.7 Å². The Morgan fingerprint density at radius 1 is 1.00 bits per heavy atom. The molecule has 164 valence electrons. The summed E-state index contributed by atoms with van der Waals surface area (Å²) in [6.07, 6.45) is 2.22. The van der Waals surface area contributed by atoms with Gasteiger partial charge in [0.25, 0.3) is 0 Å². The number of carbonyl (C=O) groups excluding carboxylic acids is 2. The highest BCUT2D eigenvalue weighted by Crippen LogP contribution is 2.33. The highest BCUT2D eigenvalue weighted by Gasteiger charge is 2.38. The molecular formula is C24H29N3O4. The number of aryl methyl sites for hydroxylation is 1. The Hall–Kier alpha value is -3.22. The van der Waals surface area contributed by atoms with Crippen molar-refractivity contribution >= 4 is 17.6 Å². The van der Waals surface area contributed by atoms with Crippen molar-refractivity contribution in [2.24, 2.45) is 5.41 Å². The molecule has 2 N–H and O–H groups in total. The molecular weight excluding hydrogens is 394 g/mol. The lowest BCUT2D eigenvalue weighted by Crippen LogP contribution is -2.49. The van der Waals surface area contributed by atoms with Crippen LogP contribution in [0.25, 0.3) is 0 Å². The number of benzene rings is 2. The Kier molecular flexibility index (Phi) is 6.02. The normalized spacial score (nSPS) is 16.6. The van der Waals surface area contributed by atoms with Gasteiger partial charge in [-0.3, -0.25) is 4.79 Å². The number of nitrogens with zero attached hydrogens (tertiary/aromatic N) is 1. The van der Waals surface area contributed by atoms with E-state index in [1.54, 1.807) is 4.90 Å². The van der Waals surface area contributed by atoms with Crippen LogP contribution in [0.5, 0.6) is 11.5 Å². The second-order valence-electron chi connectivity index (χ2n) is 8.40. The smallest absolute Gasteiger partial charge is 0.321 e. The van der Waals surface area contributed by atoms with E-state index in [9.17, 15) is 9.59 Å². The van der Waals surface area contributed by atoms with Crippen molar-refractivity contribution in [3.05, 3.63) is 53.6 Å². The molecule has 1 fully saturated rings. The van der Waals surface area contributed by atoms with Gasteiger partial charge in [0, 0.05) is 30.7 Å². The Bertz CT molecular complexity index is 950. The third-order valence-electron chi connectivity index (χ3n) is 6.21. The van der Waals surface area contributed by atoms with Crippen molar-refractivity contribution in [2.75, 3.05) is 25.2 Å². The number of hydrogen-bond acceptors (Lipinski definition) is 4. The monoisotopic (exact) mass is 423 g/mol. The zero-order valence-electron chi connectivity index (χ0n) is 18.1. The molecule has 0 aromatic heterocycles. The Labute approximate surface area is 182 Å². The third kappa shape index (κ3) is 4.76. The van der Waals surface area contributed by atoms with Gasteiger partial charge in [0.2, 0.25) is 12.7 Å². The number of urea groups is 1. The van der Waals surface area contributed by atoms with E-state index in [0.717, 1.165) is 23.4 Å². The fraction of sp³-hybridized carbons (Fsp3) is 0.417. The fourth-order valence-electron chi connectivity index (χ4n) is 3.90. The Balaban J connectivity index is 1.27. The summed E-state index contributed by atoms with van der Waals surface area (Å²) in [6, 6.07) is 13.5. The van der Waals surface area contributed by atoms with Crippen LogP contribution < -0.4 is 20.1 Å². The average molecular weight is 424 g/mol. The molecule has 0 radical (unpaired) electrons. The molecule has 7 heteroatoms. The third-order valence-corrected chi connectivity index (χ3v) is 6.21. The summed E-state index contributed by atoms with van der Waals surface area (Å²) in [4.78, 5) is 27.2. The van der Waals surface area contributed by atoms with Crippen LogP contribution in [0.1, 0.15) is 37.8 Å². The lowest BCUT2D eigenvalue weighted by atomic mass is 9.79. The maximum atomic E-state index is 12.9. The average Bonchev–Trinajstić information content (AvgIpc) is 3.26. The van der Waals surface area contributed by atoms with E-state index >= 15 is 0 Å². The molecule has 2 aromatic rings. The van der Waals surface area contributed by atoms with Gasteiger partial charge < -0.3 is 25.0 Å². The van der Waals surface area contributed by atoms with E-state index in [0.29, 0.717) is 38.2 Å². The van der Waals surface area contributed by atoms with Gasteiger partial charge in [0.15, 0.2) is 11.5 Å². The minimum Gasteiger partial charge on any atom is -0.454 e. The molecule has 0 unspecified atom stereocenters. The first kappa shape index (κ1) is 21.0. The quantitative estimate of drug-likeness (QED) is 0.764. The summed E-state index contributed by atoms with van der Waals surface area (Å²) in [5.74, 6) is 1.45. The highest BCUT2D eigenvalue weighted by atomic mass is 16.7. The largest absolute Gasteiger partial charge is 0.454 e. The van der Waals surface area contributed by atoms with Crippen molar-refractivity contribution in [3.63, 3.8) is 0 Å². The second kappa shape index (κ2) is 8.88. The zero-order chi connectivity index (χ0) is 21.8. The first-order valence-corrected chi connectivity index (χ1v) is 10.8. The van der Waals surface area contributed by atoms with Crippen LogP contribution in [0, 0.1) is 5.41 Å². The number of piperidine rings is 1. The van der Waals surface area contributed by atoms with Gasteiger partial charge >= 0.3 is 6.03 Å². The van der Waals surface area contributed by atoms with Gasteiger partial charge in [-0.1, -0.05) is 32.0 Å². The maximum absolute atomic E-state index is 12.9. The van der Waals surface area contributed by atoms with Gasteiger partial charge in [-0.2, -0.15) is 0 Å². The Morgan fingerprint density at radius 2 is 1.68 bits per heavy atom. The molecule has 2 heterocycles. The second-order valence-corrected chi connectivity index (χ2v) is 8.40. The highest BCUT2D eigenvalue weighted by molar-refractivity contribution is 5.90. The van der Waals surface area contributed by atoms with Crippen molar-refractivity contribution < 1.29 is 19.1 Å². The summed E-state index contributed by atoms with van der Waals surface area (Å²) < 4.78 is 10.7. The van der Waals surface area contributed by atoms with E-state index in [1.165, 1.54) is 5.56 Å². The number of amides is 3. The molecule has 1 saturated heterocycles. The van der Waals surface area contributed by atoms with E-state index in [-0.39, 0.29) is 18.7 Å². The first-order valence-electron chi connectivity index (χ1n) is 10.8. The number of rotatable bonds is 5. The zero-order valence-corrected chi connectivity index (χ0v) is 18.1. The van der Waals surface area contributed by atoms with Crippen LogP contribution >= 0.6 is 0 Å². The molecule has 0 bridgehead atoms. The molecule has 7 nitrogen and oxygen atoms in total. The van der Waals surface area contributed by atoms with E-state index in [2.05, 4.69) is 17.6 Å². The summed E-state index contributed by atoms with van der Waals surface area (Å²) in [5, 5.41) is 5.99. The summed E-state index contributed by atoms with van der Waals surface area (Å²) in [5.41, 5.74) is 2.50. The minimum atomic E-state index is -0.490. The summed E-state index contributed by atoms with van der Waals surface area (Å²) >= 11 is 0. The predicted molar refractivity (Wildman–Crippen MR) is 118 cm³/mol. The standard InChI is InChI=1S/C24H29N3O4/c1-3-17-4-7-19(8-5-17)26-23(29)27-12-10-24(2,11-13-27)22(28)25-15-18-6-9-20-21(14-18)31-16-30-20/h4-9,14H,3,10-13,15-16H2,1-2H3,(H,25,28)(H,26,29). The number of carbonyl (C=O) groups is 2. The minimum absolute atomic E-state index is 0.0142. The van der Waals surface area contributed by atoms with Crippen molar-refractivity contribution in [3.8, 4) is 11.5 Å². The summed E-state index contributed by atoms with van der Waals surface area (Å²) in [6.45, 7) is 5.84. The number of nitrogens with one attached hydrogen (secondary N) is 2. The molecule has 0 saturated carbocycles. The van der Waals surface area contributed by atoms with Crippen LogP contribution in [0.15, 0.2) is 42.5 Å². The van der Waals surface area contributed by atoms with Crippen LogP contribution in [0.2, 0.25) is 0 Å². The molecule has 0 atom stereocenters. The molecule has 4 rings (SSSR count). The topological polar surface area (TPSA) is 79.9 Å². The molecule has 31 heavy (non-hydrogen) atoms. The lowest BCUT2D eigenvalue weighted by molar-refractivity contribution is -0.132. The Morgan fingerprint density at radius 3 is 2.39 bits per heavy atom. The number of hydrogen-bond donors (Lipinski definition) is 2. The molecule has 2 aliphatic heterocycles. The van der Waals surface area contributed by atoms with Gasteiger partial charge in [0.1, 0.15) is 0 Å². The van der Waals surface area contributed by atoms with E-state index in [4.69, 9.17) is 9.47 Å². The first-order chi connectivity index (χ1) is 15.0. The van der Waals surface area contributed by atoms with Crippen molar-refractivity contribution in [1.82, 2.24) is 10.2 Å². The van der Waals surface area contributed by atoms with Crippen LogP contribution in [0.3, 0.4) is 0 Å². The molecule has 2 aliphatic rings. The number of likely N-dealkylation sites (tertiary alicyclic amines) is 1. The van der Waals surface area contributed by atoms with E-state index in [1.807, 2.05) is 49.4 Å². The van der Waals surface area contributed by atoms with Gasteiger partial charge in [-0.15, -0.1) is 0 Å². The maximum Gasteiger partial charge on any atom is 0.321 e. The van der Waals surface area contributed by atoms with Crippen LogP contribution in [-0.2, 0) is 17.8 Å². The SMILES string of the molecule is CCc1ccc(NC(=O)N2CCC(C)(C(=O)NCc3ccc4c(c3)OCO4)CC2)cc1. The van der Waals surface area contributed by atoms with Crippen LogP contribution in [-0.4, -0.2) is 36.7 Å². The number of ether oxygens (including phenoxy) is 2. The van der Waals surface area contributed by atoms with E-state index < -0.39 is 5.41 Å². The molecule has 0 spiro atoms. The van der Waals surface area contributed by atoms with Crippen molar-refractivity contribution in [1.29, 1.82) is 0 Å². The van der Waals surface area contributed by atoms with Gasteiger partial charge in [0.05, 0.1) is 0 Å². The molecule has 0 aliphatic carbocycles. The number of anilines is 1. The van der Waals surface area contributed by atoms with Gasteiger partial charge in [-0.25, -0.2) is 4.79 Å². The fourth-order valence-corrected chi connectivity index (χ4v) is 3.90. The summed E-state index contributed by atoms with van der Waals surface area (Å²) in [7, 11) is 0. The van der Waals surface area contributed by atoms with Crippen molar-refractivity contribution in [2.45, 2.75) is 39.7 Å². The number of fused-ring (bicyclic) bond motifs is 1. The molecule has 2 aromatic carbocycles.